The molecule has 3 saturated heterocycles. The normalized spacial score (nSPS) is 22.4. The SMILES string of the molecule is C=C(F)C(=O)N1CCN(c2nc(OC[C@@]34CCCN3C[C@H](F)C4)nc3c(F)c(-c4cc(O)cc5cccc(Cl)c45)c(F)cc23)C[C@@H]1CC#N. The van der Waals surface area contributed by atoms with Crippen LogP contribution in [-0.2, 0) is 4.79 Å². The van der Waals surface area contributed by atoms with Gasteiger partial charge in [0.2, 0.25) is 0 Å². The molecule has 0 radical (unpaired) electrons. The molecule has 0 aliphatic carbocycles. The number of nitrogens with zero attached hydrogens (tertiary/aromatic N) is 6. The average Bonchev–Trinajstić information content (AvgIpc) is 3.59. The van der Waals surface area contributed by atoms with Gasteiger partial charge in [0, 0.05) is 54.0 Å². The number of aromatic nitrogens is 2. The molecule has 1 amide bonds. The van der Waals surface area contributed by atoms with Gasteiger partial charge in [-0.15, -0.1) is 0 Å². The zero-order chi connectivity index (χ0) is 34.6. The molecule has 1 N–H and O–H groups in total. The molecule has 0 bridgehead atoms. The first kappa shape index (κ1) is 32.9. The Kier molecular flexibility index (Phi) is 8.49. The number of piperazine rings is 1. The lowest BCUT2D eigenvalue weighted by Crippen LogP contribution is -2.55. The van der Waals surface area contributed by atoms with E-state index in [1.165, 1.54) is 17.0 Å². The van der Waals surface area contributed by atoms with Crippen LogP contribution in [0.25, 0.3) is 32.8 Å². The maximum Gasteiger partial charge on any atom is 0.319 e. The molecule has 7 rings (SSSR count). The second-order valence-corrected chi connectivity index (χ2v) is 13.2. The van der Waals surface area contributed by atoms with Gasteiger partial charge in [0.1, 0.15) is 35.7 Å². The minimum absolute atomic E-state index is 0.00761. The molecule has 3 aliphatic rings. The highest BCUT2D eigenvalue weighted by atomic mass is 35.5. The molecule has 4 aromatic rings. The van der Waals surface area contributed by atoms with Crippen LogP contribution in [0.4, 0.5) is 23.4 Å². The summed E-state index contributed by atoms with van der Waals surface area (Å²) in [4.78, 5) is 26.4. The van der Waals surface area contributed by atoms with Crippen molar-refractivity contribution in [2.24, 2.45) is 0 Å². The summed E-state index contributed by atoms with van der Waals surface area (Å²) >= 11 is 6.50. The standard InChI is InChI=1S/C35H31ClF4N6O3/c1-19(37)33(48)46-11-10-44(17-22(46)6-8-41)32-25-14-27(39)29(24-13-23(47)12-20-4-2-5-26(36)28(20)24)30(40)31(25)42-34(43-32)49-18-35-7-3-9-45(35)16-21(38)15-35/h2,4-5,12-14,21-22,47H,1,3,6-7,9-11,15-18H2/t21-,22+,35+/m1/s1. The number of alkyl halides is 1. The van der Waals surface area contributed by atoms with Crippen LogP contribution in [0.15, 0.2) is 48.8 Å². The number of rotatable bonds is 7. The lowest BCUT2D eigenvalue weighted by molar-refractivity contribution is -0.131. The molecule has 3 aromatic carbocycles. The van der Waals surface area contributed by atoms with Gasteiger partial charge in [-0.05, 0) is 49.0 Å². The van der Waals surface area contributed by atoms with Gasteiger partial charge in [-0.1, -0.05) is 30.3 Å². The Morgan fingerprint density at radius 3 is 2.78 bits per heavy atom. The number of hydrogen-bond donors (Lipinski definition) is 1. The van der Waals surface area contributed by atoms with Crippen molar-refractivity contribution in [2.45, 2.75) is 43.4 Å². The topological polar surface area (TPSA) is 106 Å². The van der Waals surface area contributed by atoms with E-state index in [4.69, 9.17) is 16.3 Å². The third-order valence-corrected chi connectivity index (χ3v) is 10.2. The van der Waals surface area contributed by atoms with Crippen molar-refractivity contribution in [1.82, 2.24) is 19.8 Å². The molecule has 0 saturated carbocycles. The second kappa shape index (κ2) is 12.7. The summed E-state index contributed by atoms with van der Waals surface area (Å²) in [6.45, 7) is 4.18. The van der Waals surface area contributed by atoms with Crippen molar-refractivity contribution in [3.63, 3.8) is 0 Å². The predicted molar refractivity (Wildman–Crippen MR) is 176 cm³/mol. The van der Waals surface area contributed by atoms with E-state index < -0.39 is 46.7 Å². The number of aromatic hydroxyl groups is 1. The Hall–Kier alpha value is -4.67. The van der Waals surface area contributed by atoms with Crippen LogP contribution in [0.2, 0.25) is 5.02 Å². The summed E-state index contributed by atoms with van der Waals surface area (Å²) in [5, 5.41) is 21.0. The van der Waals surface area contributed by atoms with Crippen LogP contribution in [0.3, 0.4) is 0 Å². The number of fused-ring (bicyclic) bond motifs is 3. The Morgan fingerprint density at radius 1 is 1.18 bits per heavy atom. The van der Waals surface area contributed by atoms with Crippen molar-refractivity contribution in [3.8, 4) is 29.0 Å². The fourth-order valence-corrected chi connectivity index (χ4v) is 7.96. The van der Waals surface area contributed by atoms with Crippen molar-refractivity contribution in [3.05, 3.63) is 65.5 Å². The molecular weight excluding hydrogens is 664 g/mol. The van der Waals surface area contributed by atoms with Gasteiger partial charge in [0.05, 0.1) is 29.6 Å². The van der Waals surface area contributed by atoms with E-state index in [1.807, 2.05) is 11.0 Å². The van der Waals surface area contributed by atoms with Gasteiger partial charge in [0.25, 0.3) is 5.91 Å². The monoisotopic (exact) mass is 694 g/mol. The van der Waals surface area contributed by atoms with Crippen LogP contribution in [0, 0.1) is 23.0 Å². The molecular formula is C35H31ClF4N6O3. The van der Waals surface area contributed by atoms with Gasteiger partial charge >= 0.3 is 6.01 Å². The summed E-state index contributed by atoms with van der Waals surface area (Å²) < 4.78 is 67.6. The molecule has 0 spiro atoms. The molecule has 0 unspecified atom stereocenters. The number of carbonyl (C=O) groups excluding carboxylic acids is 1. The zero-order valence-corrected chi connectivity index (χ0v) is 27.0. The number of carbonyl (C=O) groups is 1. The van der Waals surface area contributed by atoms with Crippen LogP contribution >= 0.6 is 11.6 Å². The van der Waals surface area contributed by atoms with Crippen molar-refractivity contribution >= 4 is 45.0 Å². The first-order valence-electron chi connectivity index (χ1n) is 15.9. The minimum Gasteiger partial charge on any atom is -0.508 e. The third-order valence-electron chi connectivity index (χ3n) is 9.86. The van der Waals surface area contributed by atoms with Crippen molar-refractivity contribution < 1.29 is 32.2 Å². The number of phenolic OH excluding ortho intramolecular Hbond substituents is 1. The first-order chi connectivity index (χ1) is 23.5. The van der Waals surface area contributed by atoms with E-state index >= 15 is 8.78 Å². The van der Waals surface area contributed by atoms with E-state index in [-0.39, 0.29) is 78.1 Å². The van der Waals surface area contributed by atoms with Crippen molar-refractivity contribution in [2.75, 3.05) is 44.2 Å². The highest BCUT2D eigenvalue weighted by molar-refractivity contribution is 6.36. The molecule has 3 aliphatic heterocycles. The average molecular weight is 695 g/mol. The molecule has 49 heavy (non-hydrogen) atoms. The summed E-state index contributed by atoms with van der Waals surface area (Å²) in [6.07, 6.45) is 0.679. The van der Waals surface area contributed by atoms with Crippen molar-refractivity contribution in [1.29, 1.82) is 5.26 Å². The lowest BCUT2D eigenvalue weighted by atomic mass is 9.95. The van der Waals surface area contributed by atoms with Gasteiger partial charge in [-0.25, -0.2) is 17.6 Å². The number of nitriles is 1. The summed E-state index contributed by atoms with van der Waals surface area (Å²) in [5.41, 5.74) is -1.33. The number of ether oxygens (including phenoxy) is 1. The molecule has 14 heteroatoms. The smallest absolute Gasteiger partial charge is 0.319 e. The van der Waals surface area contributed by atoms with Crippen LogP contribution < -0.4 is 9.64 Å². The number of benzene rings is 3. The Labute approximate surface area is 283 Å². The van der Waals surface area contributed by atoms with E-state index in [0.717, 1.165) is 19.0 Å². The number of halogens is 5. The fraction of sp³-hybridized carbons (Fsp3) is 0.371. The maximum atomic E-state index is 16.9. The van der Waals surface area contributed by atoms with Gasteiger partial charge < -0.3 is 19.6 Å². The molecule has 254 valence electrons. The predicted octanol–water partition coefficient (Wildman–Crippen LogP) is 6.46. The van der Waals surface area contributed by atoms with E-state index in [1.54, 1.807) is 23.1 Å². The van der Waals surface area contributed by atoms with Crippen LogP contribution in [0.5, 0.6) is 11.8 Å². The van der Waals surface area contributed by atoms with Gasteiger partial charge in [0.15, 0.2) is 11.6 Å². The summed E-state index contributed by atoms with van der Waals surface area (Å²) in [5.74, 6) is -4.31. The number of anilines is 1. The fourth-order valence-electron chi connectivity index (χ4n) is 7.67. The van der Waals surface area contributed by atoms with Crippen LogP contribution in [-0.4, -0.2) is 87.9 Å². The zero-order valence-electron chi connectivity index (χ0n) is 26.2. The molecule has 1 aromatic heterocycles. The quantitative estimate of drug-likeness (QED) is 0.174. The van der Waals surface area contributed by atoms with E-state index in [2.05, 4.69) is 16.5 Å². The largest absolute Gasteiger partial charge is 0.508 e. The summed E-state index contributed by atoms with van der Waals surface area (Å²) in [6, 6.07) is 9.63. The Bertz CT molecular complexity index is 2060. The molecule has 4 heterocycles. The molecule has 9 nitrogen and oxygen atoms in total. The van der Waals surface area contributed by atoms with Crippen LogP contribution in [0.1, 0.15) is 25.7 Å². The second-order valence-electron chi connectivity index (χ2n) is 12.8. The third kappa shape index (κ3) is 5.76. The van der Waals surface area contributed by atoms with E-state index in [9.17, 15) is 23.9 Å². The van der Waals surface area contributed by atoms with Gasteiger partial charge in [-0.3, -0.25) is 9.69 Å². The van der Waals surface area contributed by atoms with Gasteiger partial charge in [-0.2, -0.15) is 15.2 Å². The molecule has 3 fully saturated rings. The summed E-state index contributed by atoms with van der Waals surface area (Å²) in [7, 11) is 0. The Balaban J connectivity index is 1.37. The lowest BCUT2D eigenvalue weighted by Gasteiger charge is -2.41. The Morgan fingerprint density at radius 2 is 2.00 bits per heavy atom. The minimum atomic E-state index is -1.17. The maximum absolute atomic E-state index is 16.9. The molecule has 3 atom stereocenters. The number of amides is 1. The number of hydrogen-bond acceptors (Lipinski definition) is 8. The van der Waals surface area contributed by atoms with E-state index in [0.29, 0.717) is 23.7 Å². The first-order valence-corrected chi connectivity index (χ1v) is 16.3. The highest BCUT2D eigenvalue weighted by Gasteiger charge is 2.49. The highest BCUT2D eigenvalue weighted by Crippen LogP contribution is 2.43. The number of phenols is 1.